The number of nitrogens with zero attached hydrogens (tertiary/aromatic N) is 2. The van der Waals surface area contributed by atoms with E-state index in [1.165, 1.54) is 12.0 Å². The molecule has 6 atom stereocenters. The van der Waals surface area contributed by atoms with Crippen LogP contribution in [0.3, 0.4) is 0 Å². The van der Waals surface area contributed by atoms with Gasteiger partial charge in [0, 0.05) is 11.5 Å². The minimum absolute atomic E-state index is 0.0863. The predicted molar refractivity (Wildman–Crippen MR) is 185 cm³/mol. The van der Waals surface area contributed by atoms with Crippen LogP contribution in [0.2, 0.25) is 0 Å². The van der Waals surface area contributed by atoms with Gasteiger partial charge in [-0.2, -0.15) is 5.01 Å². The minimum atomic E-state index is -1.51. The van der Waals surface area contributed by atoms with Crippen LogP contribution in [0, 0.1) is 30.6 Å². The summed E-state index contributed by atoms with van der Waals surface area (Å²) in [5.74, 6) is -4.81. The largest absolute Gasteiger partial charge is 0.508 e. The van der Waals surface area contributed by atoms with Crippen LogP contribution in [0.15, 0.2) is 115 Å². The Hall–Kier alpha value is -5.70. The molecule has 252 valence electrons. The maximum Gasteiger partial charge on any atom is 0.260 e. The third kappa shape index (κ3) is 4.60. The van der Waals surface area contributed by atoms with Gasteiger partial charge in [0.1, 0.15) is 11.5 Å². The number of likely N-dealkylation sites (tertiary alicyclic amines) is 1. The van der Waals surface area contributed by atoms with Crippen molar-refractivity contribution in [1.82, 2.24) is 9.91 Å². The molecule has 4 aliphatic rings. The van der Waals surface area contributed by atoms with Crippen molar-refractivity contribution in [2.24, 2.45) is 23.7 Å². The number of methoxy groups -OCH3 is 1. The zero-order valence-electron chi connectivity index (χ0n) is 27.8. The molecule has 8 rings (SSSR count). The number of fused-ring (bicyclic) bond motifs is 4. The highest BCUT2D eigenvalue weighted by Gasteiger charge is 2.71. The molecule has 0 bridgehead atoms. The first kappa shape index (κ1) is 31.6. The van der Waals surface area contributed by atoms with Crippen LogP contribution >= 0.6 is 0 Å². The molecule has 3 fully saturated rings. The molecule has 50 heavy (non-hydrogen) atoms. The second-order valence-corrected chi connectivity index (χ2v) is 13.7. The smallest absolute Gasteiger partial charge is 0.260 e. The average Bonchev–Trinajstić information content (AvgIpc) is 3.50. The highest BCUT2D eigenvalue weighted by molar-refractivity contribution is 6.13. The molecule has 9 heteroatoms. The molecule has 0 radical (unpaired) electrons. The number of hydrazine groups is 1. The Balaban J connectivity index is 1.32. The molecule has 9 nitrogen and oxygen atoms in total. The van der Waals surface area contributed by atoms with E-state index in [4.69, 9.17) is 4.74 Å². The number of phenols is 1. The topological polar surface area (TPSA) is 116 Å². The van der Waals surface area contributed by atoms with Gasteiger partial charge in [0.15, 0.2) is 0 Å². The van der Waals surface area contributed by atoms with E-state index in [9.17, 15) is 19.5 Å². The van der Waals surface area contributed by atoms with E-state index in [2.05, 4.69) is 5.43 Å². The molecule has 1 saturated carbocycles. The summed E-state index contributed by atoms with van der Waals surface area (Å²) >= 11 is 0. The minimum Gasteiger partial charge on any atom is -0.508 e. The normalized spacial score (nSPS) is 27.1. The van der Waals surface area contributed by atoms with Crippen molar-refractivity contribution in [2.45, 2.75) is 37.6 Å². The maximum atomic E-state index is 15.3. The lowest BCUT2D eigenvalue weighted by Crippen LogP contribution is -2.53. The van der Waals surface area contributed by atoms with Gasteiger partial charge in [-0.3, -0.25) is 29.5 Å². The number of allylic oxidation sites excluding steroid dienone is 2. The average molecular weight is 668 g/mol. The van der Waals surface area contributed by atoms with Gasteiger partial charge in [-0.25, -0.2) is 0 Å². The standard InChI is InChI=1S/C41H37N3O6/c1-24-16-18-27(19-17-24)42-44-38(47)31-22-30-28(20-21-29-34(30)39(48)43(37(29)46)23-25-10-5-3-6-11-25)36(35-32(45)14-9-15-33(35)50-2)41(31,40(44)49)26-12-7-4-8-13-26/h3-20,29-31,34,36,42,45H,21-23H2,1-2H3. The lowest BCUT2D eigenvalue weighted by Gasteiger charge is -2.50. The summed E-state index contributed by atoms with van der Waals surface area (Å²) in [4.78, 5) is 59.7. The number of carbonyl (C=O) groups excluding carboxylic acids is 4. The lowest BCUT2D eigenvalue weighted by molar-refractivity contribution is -0.142. The van der Waals surface area contributed by atoms with Gasteiger partial charge in [-0.05, 0) is 61.1 Å². The molecule has 4 amide bonds. The Bertz CT molecular complexity index is 2050. The lowest BCUT2D eigenvalue weighted by atomic mass is 9.49. The van der Waals surface area contributed by atoms with Crippen LogP contribution in [-0.2, 0) is 31.1 Å². The first-order valence-corrected chi connectivity index (χ1v) is 17.0. The van der Waals surface area contributed by atoms with Crippen LogP contribution in [0.1, 0.15) is 41.0 Å². The fourth-order valence-electron chi connectivity index (χ4n) is 9.05. The Morgan fingerprint density at radius 1 is 0.820 bits per heavy atom. The van der Waals surface area contributed by atoms with Crippen molar-refractivity contribution >= 4 is 29.3 Å². The van der Waals surface area contributed by atoms with E-state index in [1.807, 2.05) is 97.9 Å². The summed E-state index contributed by atoms with van der Waals surface area (Å²) in [7, 11) is 1.50. The number of benzene rings is 4. The fourth-order valence-corrected chi connectivity index (χ4v) is 9.05. The molecular formula is C41H37N3O6. The number of rotatable bonds is 7. The monoisotopic (exact) mass is 667 g/mol. The molecule has 6 unspecified atom stereocenters. The number of aromatic hydroxyl groups is 1. The molecule has 2 heterocycles. The number of anilines is 1. The third-order valence-electron chi connectivity index (χ3n) is 11.2. The van der Waals surface area contributed by atoms with E-state index >= 15 is 4.79 Å². The highest BCUT2D eigenvalue weighted by Crippen LogP contribution is 2.65. The van der Waals surface area contributed by atoms with E-state index < -0.39 is 46.8 Å². The van der Waals surface area contributed by atoms with Crippen LogP contribution < -0.4 is 10.2 Å². The van der Waals surface area contributed by atoms with Gasteiger partial charge in [0.2, 0.25) is 11.8 Å². The quantitative estimate of drug-likeness (QED) is 0.186. The number of hydrogen-bond donors (Lipinski definition) is 2. The van der Waals surface area contributed by atoms with Crippen molar-refractivity contribution in [3.63, 3.8) is 0 Å². The number of ether oxygens (including phenoxy) is 1. The number of amides is 4. The van der Waals surface area contributed by atoms with Crippen LogP contribution in [0.5, 0.6) is 11.5 Å². The maximum absolute atomic E-state index is 15.3. The Labute approximate surface area is 290 Å². The molecule has 2 saturated heterocycles. The molecule has 0 aromatic heterocycles. The van der Waals surface area contributed by atoms with Gasteiger partial charge in [0.25, 0.3) is 11.8 Å². The highest BCUT2D eigenvalue weighted by atomic mass is 16.5. The van der Waals surface area contributed by atoms with Gasteiger partial charge >= 0.3 is 0 Å². The first-order valence-electron chi connectivity index (χ1n) is 17.0. The van der Waals surface area contributed by atoms with E-state index in [1.54, 1.807) is 18.2 Å². The molecule has 4 aromatic rings. The number of aryl methyl sites for hydroxylation is 1. The van der Waals surface area contributed by atoms with Crippen LogP contribution in [-0.4, -0.2) is 45.8 Å². The van der Waals surface area contributed by atoms with Crippen LogP contribution in [0.4, 0.5) is 5.69 Å². The van der Waals surface area contributed by atoms with E-state index in [0.717, 1.165) is 21.7 Å². The van der Waals surface area contributed by atoms with E-state index in [0.29, 0.717) is 29.0 Å². The first-order chi connectivity index (χ1) is 24.2. The number of nitrogens with one attached hydrogen (secondary N) is 1. The van der Waals surface area contributed by atoms with Crippen molar-refractivity contribution < 1.29 is 29.0 Å². The third-order valence-corrected chi connectivity index (χ3v) is 11.2. The summed E-state index contributed by atoms with van der Waals surface area (Å²) in [5.41, 5.74) is 5.78. The number of phenolic OH excluding ortho intramolecular Hbond substituents is 1. The predicted octanol–water partition coefficient (Wildman–Crippen LogP) is 5.89. The van der Waals surface area contributed by atoms with E-state index in [-0.39, 0.29) is 30.5 Å². The zero-order chi connectivity index (χ0) is 34.7. The summed E-state index contributed by atoms with van der Waals surface area (Å²) in [6.45, 7) is 2.12. The number of carbonyl (C=O) groups is 4. The van der Waals surface area contributed by atoms with Crippen molar-refractivity contribution in [3.05, 3.63) is 137 Å². The fraction of sp³-hybridized carbons (Fsp3) is 0.268. The second-order valence-electron chi connectivity index (χ2n) is 13.7. The molecule has 4 aromatic carbocycles. The van der Waals surface area contributed by atoms with Gasteiger partial charge < -0.3 is 9.84 Å². The molecule has 2 N–H and O–H groups in total. The zero-order valence-corrected chi connectivity index (χ0v) is 27.8. The molecule has 2 aliphatic carbocycles. The second kappa shape index (κ2) is 12.0. The Morgan fingerprint density at radius 2 is 1.52 bits per heavy atom. The van der Waals surface area contributed by atoms with Crippen molar-refractivity contribution in [3.8, 4) is 11.5 Å². The summed E-state index contributed by atoms with van der Waals surface area (Å²) in [5, 5.41) is 12.8. The molecular weight excluding hydrogens is 630 g/mol. The molecule has 2 aliphatic heterocycles. The Morgan fingerprint density at radius 3 is 2.22 bits per heavy atom. The summed E-state index contributed by atoms with van der Waals surface area (Å²) in [6.07, 6.45) is 2.44. The van der Waals surface area contributed by atoms with Crippen LogP contribution in [0.25, 0.3) is 0 Å². The SMILES string of the molecule is COc1cccc(O)c1C1C2=CCC3C(=O)N(Cc4ccccc4)C(=O)C3C2CC2C(=O)N(Nc3ccc(C)cc3)C(=O)C21c1ccccc1. The number of hydrogen-bond acceptors (Lipinski definition) is 7. The number of imide groups is 2. The summed E-state index contributed by atoms with van der Waals surface area (Å²) < 4.78 is 5.85. The van der Waals surface area contributed by atoms with Crippen molar-refractivity contribution in [2.75, 3.05) is 12.5 Å². The summed E-state index contributed by atoms with van der Waals surface area (Å²) in [6, 6.07) is 31.0. The molecule has 0 spiro atoms. The van der Waals surface area contributed by atoms with Gasteiger partial charge in [-0.15, -0.1) is 0 Å². The Kier molecular flexibility index (Phi) is 7.58. The van der Waals surface area contributed by atoms with Crippen molar-refractivity contribution in [1.29, 1.82) is 0 Å². The van der Waals surface area contributed by atoms with Gasteiger partial charge in [0.05, 0.1) is 42.5 Å². The van der Waals surface area contributed by atoms with Gasteiger partial charge in [-0.1, -0.05) is 96.1 Å².